The molecule has 0 aliphatic heterocycles. The minimum absolute atomic E-state index is 0.0114. The lowest BCUT2D eigenvalue weighted by Gasteiger charge is -2.22. The zero-order chi connectivity index (χ0) is 18.5. The average molecular weight is 351 g/mol. The standard InChI is InChI=1S/C19H21N5O2/c1-12(2)15-10-9-13(3)16(11-15)21-23-18(25)20-19-24-22-17(26-19)14-7-5-4-6-8-14/h4-9,15H,1,10-11H2,2-3H3,(H2,20,23,24,25)/b21-16+/t15-/m1/s1. The molecule has 2 N–H and O–H groups in total. The molecule has 2 aromatic rings. The van der Waals surface area contributed by atoms with E-state index in [1.54, 1.807) is 0 Å². The topological polar surface area (TPSA) is 92.4 Å². The van der Waals surface area contributed by atoms with Crippen LogP contribution in [0.15, 0.2) is 63.7 Å². The van der Waals surface area contributed by atoms with E-state index in [2.05, 4.69) is 38.7 Å². The van der Waals surface area contributed by atoms with Gasteiger partial charge in [0.1, 0.15) is 0 Å². The Morgan fingerprint density at radius 3 is 2.81 bits per heavy atom. The predicted octanol–water partition coefficient (Wildman–Crippen LogP) is 4.15. The van der Waals surface area contributed by atoms with Crippen LogP contribution in [-0.4, -0.2) is 21.9 Å². The second kappa shape index (κ2) is 7.77. The van der Waals surface area contributed by atoms with Crippen molar-refractivity contribution in [2.45, 2.75) is 26.7 Å². The van der Waals surface area contributed by atoms with Gasteiger partial charge in [-0.1, -0.05) is 41.5 Å². The van der Waals surface area contributed by atoms with Gasteiger partial charge in [0.15, 0.2) is 0 Å². The molecule has 0 bridgehead atoms. The first kappa shape index (κ1) is 17.6. The number of carbonyl (C=O) groups excluding carboxylic acids is 1. The third-order valence-corrected chi connectivity index (χ3v) is 4.26. The first-order valence-electron chi connectivity index (χ1n) is 8.38. The minimum atomic E-state index is -0.536. The fraction of sp³-hybridized carbons (Fsp3) is 0.263. The van der Waals surface area contributed by atoms with Crippen molar-refractivity contribution in [1.29, 1.82) is 0 Å². The lowest BCUT2D eigenvalue weighted by molar-refractivity contribution is 0.252. The quantitative estimate of drug-likeness (QED) is 0.639. The Labute approximate surface area is 151 Å². The summed E-state index contributed by atoms with van der Waals surface area (Å²) in [5, 5.41) is 14.4. The first-order valence-corrected chi connectivity index (χ1v) is 8.38. The van der Waals surface area contributed by atoms with Gasteiger partial charge in [0.25, 0.3) is 0 Å². The highest BCUT2D eigenvalue weighted by Crippen LogP contribution is 2.26. The summed E-state index contributed by atoms with van der Waals surface area (Å²) in [6, 6.07) is 8.80. The number of urea groups is 1. The molecule has 134 valence electrons. The van der Waals surface area contributed by atoms with E-state index in [1.807, 2.05) is 44.2 Å². The Bertz CT molecular complexity index is 867. The molecule has 0 radical (unpaired) electrons. The van der Waals surface area contributed by atoms with Crippen molar-refractivity contribution in [3.05, 3.63) is 54.1 Å². The number of benzene rings is 1. The highest BCUT2D eigenvalue weighted by Gasteiger charge is 2.19. The van der Waals surface area contributed by atoms with Crippen molar-refractivity contribution in [3.63, 3.8) is 0 Å². The summed E-state index contributed by atoms with van der Waals surface area (Å²) in [4.78, 5) is 12.0. The molecule has 26 heavy (non-hydrogen) atoms. The first-order chi connectivity index (χ1) is 12.5. The van der Waals surface area contributed by atoms with Gasteiger partial charge in [-0.2, -0.15) is 5.10 Å². The van der Waals surface area contributed by atoms with Crippen LogP contribution in [0.5, 0.6) is 0 Å². The van der Waals surface area contributed by atoms with Crippen molar-refractivity contribution >= 4 is 17.8 Å². The number of hydrazone groups is 1. The Balaban J connectivity index is 1.61. The summed E-state index contributed by atoms with van der Waals surface area (Å²) in [5.41, 5.74) is 6.28. The van der Waals surface area contributed by atoms with Crippen LogP contribution < -0.4 is 10.7 Å². The van der Waals surface area contributed by atoms with Crippen LogP contribution in [0, 0.1) is 5.92 Å². The molecule has 0 fully saturated rings. The van der Waals surface area contributed by atoms with Gasteiger partial charge in [0, 0.05) is 5.56 Å². The van der Waals surface area contributed by atoms with Crippen LogP contribution >= 0.6 is 0 Å². The molecule has 1 aromatic heterocycles. The monoisotopic (exact) mass is 351 g/mol. The van der Waals surface area contributed by atoms with Gasteiger partial charge in [-0.25, -0.2) is 10.2 Å². The Morgan fingerprint density at radius 2 is 2.08 bits per heavy atom. The summed E-state index contributed by atoms with van der Waals surface area (Å²) >= 11 is 0. The van der Waals surface area contributed by atoms with Crippen LogP contribution in [0.3, 0.4) is 0 Å². The molecule has 0 spiro atoms. The number of amides is 2. The normalized spacial score (nSPS) is 18.3. The van der Waals surface area contributed by atoms with Gasteiger partial charge < -0.3 is 4.42 Å². The van der Waals surface area contributed by atoms with Crippen molar-refractivity contribution in [1.82, 2.24) is 15.6 Å². The second-order valence-corrected chi connectivity index (χ2v) is 6.27. The van der Waals surface area contributed by atoms with Gasteiger partial charge in [-0.3, -0.25) is 5.32 Å². The van der Waals surface area contributed by atoms with Gasteiger partial charge in [-0.15, -0.1) is 5.10 Å². The van der Waals surface area contributed by atoms with Crippen molar-refractivity contribution in [2.75, 3.05) is 5.32 Å². The van der Waals surface area contributed by atoms with Gasteiger partial charge in [0.05, 0.1) is 5.71 Å². The number of nitrogens with zero attached hydrogens (tertiary/aromatic N) is 3. The van der Waals surface area contributed by atoms with E-state index in [4.69, 9.17) is 4.42 Å². The van der Waals surface area contributed by atoms with E-state index in [1.165, 1.54) is 0 Å². The summed E-state index contributed by atoms with van der Waals surface area (Å²) < 4.78 is 5.44. The molecule has 0 saturated carbocycles. The van der Waals surface area contributed by atoms with Crippen LogP contribution in [0.1, 0.15) is 26.7 Å². The Kier molecular flexibility index (Phi) is 5.26. The Hall–Kier alpha value is -3.22. The molecule has 1 aliphatic rings. The minimum Gasteiger partial charge on any atom is -0.403 e. The molecule has 0 unspecified atom stereocenters. The predicted molar refractivity (Wildman–Crippen MR) is 101 cm³/mol. The van der Waals surface area contributed by atoms with Crippen molar-refractivity contribution < 1.29 is 9.21 Å². The second-order valence-electron chi connectivity index (χ2n) is 6.27. The maximum atomic E-state index is 12.0. The van der Waals surface area contributed by atoms with Gasteiger partial charge in [-0.05, 0) is 50.3 Å². The van der Waals surface area contributed by atoms with E-state index in [0.717, 1.165) is 35.3 Å². The Morgan fingerprint density at radius 1 is 1.31 bits per heavy atom. The van der Waals surface area contributed by atoms with Crippen molar-refractivity contribution in [3.8, 4) is 11.5 Å². The maximum Gasteiger partial charge on any atom is 0.343 e. The zero-order valence-electron chi connectivity index (χ0n) is 14.8. The SMILES string of the molecule is C=C(C)[C@@H]1CC=C(C)/C(=N/NC(=O)Nc2nnc(-c3ccccc3)o2)C1. The van der Waals surface area contributed by atoms with Crippen LogP contribution in [0.4, 0.5) is 10.8 Å². The number of rotatable bonds is 4. The van der Waals surface area contributed by atoms with Crippen molar-refractivity contribution in [2.24, 2.45) is 11.0 Å². The zero-order valence-corrected chi connectivity index (χ0v) is 14.8. The summed E-state index contributed by atoms with van der Waals surface area (Å²) in [6.45, 7) is 8.00. The van der Waals surface area contributed by atoms with E-state index in [0.29, 0.717) is 11.8 Å². The highest BCUT2D eigenvalue weighted by molar-refractivity contribution is 6.01. The molecule has 1 aliphatic carbocycles. The largest absolute Gasteiger partial charge is 0.403 e. The third kappa shape index (κ3) is 4.24. The van der Waals surface area contributed by atoms with Crippen LogP contribution in [0.2, 0.25) is 0 Å². The molecular weight excluding hydrogens is 330 g/mol. The van der Waals surface area contributed by atoms with E-state index in [-0.39, 0.29) is 6.01 Å². The van der Waals surface area contributed by atoms with E-state index in [9.17, 15) is 4.79 Å². The average Bonchev–Trinajstić information content (AvgIpc) is 3.10. The molecular formula is C19H21N5O2. The summed E-state index contributed by atoms with van der Waals surface area (Å²) in [5.74, 6) is 0.689. The number of anilines is 1. The van der Waals surface area contributed by atoms with E-state index >= 15 is 0 Å². The van der Waals surface area contributed by atoms with Crippen LogP contribution in [0.25, 0.3) is 11.5 Å². The molecule has 1 atom stereocenters. The van der Waals surface area contributed by atoms with Gasteiger partial charge >= 0.3 is 12.0 Å². The lowest BCUT2D eigenvalue weighted by Crippen LogP contribution is -2.27. The molecule has 7 nitrogen and oxygen atoms in total. The number of carbonyl (C=O) groups is 1. The number of hydrogen-bond donors (Lipinski definition) is 2. The molecule has 2 amide bonds. The molecule has 3 rings (SSSR count). The van der Waals surface area contributed by atoms with Gasteiger partial charge in [0.2, 0.25) is 5.89 Å². The summed E-state index contributed by atoms with van der Waals surface area (Å²) in [7, 11) is 0. The summed E-state index contributed by atoms with van der Waals surface area (Å²) in [6.07, 6.45) is 3.83. The highest BCUT2D eigenvalue weighted by atomic mass is 16.4. The lowest BCUT2D eigenvalue weighted by atomic mass is 9.85. The number of aromatic nitrogens is 2. The molecule has 1 aromatic carbocycles. The number of hydrogen-bond acceptors (Lipinski definition) is 5. The molecule has 1 heterocycles. The third-order valence-electron chi connectivity index (χ3n) is 4.26. The van der Waals surface area contributed by atoms with E-state index < -0.39 is 6.03 Å². The molecule has 0 saturated heterocycles. The smallest absolute Gasteiger partial charge is 0.343 e. The molecule has 7 heteroatoms. The fourth-order valence-electron chi connectivity index (χ4n) is 2.64. The fourth-order valence-corrected chi connectivity index (χ4v) is 2.64. The van der Waals surface area contributed by atoms with Crippen LogP contribution in [-0.2, 0) is 0 Å². The number of allylic oxidation sites excluding steroid dienone is 3. The number of nitrogens with one attached hydrogen (secondary N) is 2. The maximum absolute atomic E-state index is 12.0.